The summed E-state index contributed by atoms with van der Waals surface area (Å²) in [6.07, 6.45) is 6.14. The van der Waals surface area contributed by atoms with Crippen molar-refractivity contribution in [3.05, 3.63) is 28.9 Å². The van der Waals surface area contributed by atoms with E-state index in [1.54, 1.807) is 12.8 Å². The Labute approximate surface area is 150 Å². The Bertz CT molecular complexity index is 885. The van der Waals surface area contributed by atoms with Gasteiger partial charge in [-0.15, -0.1) is 5.10 Å². The van der Waals surface area contributed by atoms with Gasteiger partial charge in [0, 0.05) is 19.8 Å². The molecule has 1 aliphatic heterocycles. The highest BCUT2D eigenvalue weighted by molar-refractivity contribution is 5.76. The third-order valence-electron chi connectivity index (χ3n) is 4.48. The van der Waals surface area contributed by atoms with E-state index in [2.05, 4.69) is 22.3 Å². The molecule has 1 aliphatic carbocycles. The molecule has 2 radical (unpaired) electrons. The van der Waals surface area contributed by atoms with E-state index in [1.165, 1.54) is 11.6 Å². The van der Waals surface area contributed by atoms with E-state index < -0.39 is 12.3 Å². The van der Waals surface area contributed by atoms with Crippen molar-refractivity contribution in [1.82, 2.24) is 24.8 Å². The molecule has 3 heterocycles. The number of carbonyl (C=O) groups is 1. The summed E-state index contributed by atoms with van der Waals surface area (Å²) in [5.41, 5.74) is 1.63. The van der Waals surface area contributed by atoms with Gasteiger partial charge in [0.2, 0.25) is 0 Å². The van der Waals surface area contributed by atoms with Gasteiger partial charge in [0.25, 0.3) is 5.56 Å². The molecule has 2 aliphatic rings. The highest BCUT2D eigenvalue weighted by Gasteiger charge is 2.33. The minimum atomic E-state index is -0.669. The Morgan fingerprint density at radius 2 is 2.15 bits per heavy atom. The Balaban J connectivity index is 1.65. The number of aromatic nitrogens is 5. The molecule has 9 heteroatoms. The average molecular weight is 359 g/mol. The van der Waals surface area contributed by atoms with Crippen molar-refractivity contribution in [1.29, 1.82) is 0 Å². The van der Waals surface area contributed by atoms with Gasteiger partial charge in [-0.05, 0) is 19.3 Å². The number of hydrogen-bond acceptors (Lipinski definition) is 7. The third kappa shape index (κ3) is 3.11. The second-order valence-corrected chi connectivity index (χ2v) is 6.66. The Morgan fingerprint density at radius 1 is 1.35 bits per heavy atom. The second-order valence-electron chi connectivity index (χ2n) is 6.66. The molecule has 0 amide bonds. The van der Waals surface area contributed by atoms with Crippen LogP contribution in [0.15, 0.2) is 4.79 Å². The summed E-state index contributed by atoms with van der Waals surface area (Å²) in [6.45, 7) is 3.51. The summed E-state index contributed by atoms with van der Waals surface area (Å²) in [6, 6.07) is 0.269. The van der Waals surface area contributed by atoms with E-state index in [4.69, 9.17) is 9.47 Å². The van der Waals surface area contributed by atoms with Crippen LogP contribution in [0.2, 0.25) is 0 Å². The van der Waals surface area contributed by atoms with Crippen molar-refractivity contribution in [3.63, 3.8) is 0 Å². The van der Waals surface area contributed by atoms with Crippen LogP contribution in [0.1, 0.15) is 51.1 Å². The SMILES string of the molecule is CCCc1nn(C2CC2)c2c(=O)n(C3[CH][CH]C(COC(C)=O)O3)nnc12. The summed E-state index contributed by atoms with van der Waals surface area (Å²) < 4.78 is 13.7. The summed E-state index contributed by atoms with van der Waals surface area (Å²) in [4.78, 5) is 24.0. The third-order valence-corrected chi connectivity index (χ3v) is 4.48. The predicted octanol–water partition coefficient (Wildman–Crippen LogP) is 1.14. The first-order chi connectivity index (χ1) is 12.6. The molecular formula is C17H21N5O4. The topological polar surface area (TPSA) is 101 Å². The minimum Gasteiger partial charge on any atom is -0.463 e. The molecule has 2 fully saturated rings. The van der Waals surface area contributed by atoms with Crippen LogP contribution in [0, 0.1) is 12.8 Å². The van der Waals surface area contributed by atoms with Crippen molar-refractivity contribution in [3.8, 4) is 0 Å². The van der Waals surface area contributed by atoms with Crippen LogP contribution in [0.25, 0.3) is 11.0 Å². The standard InChI is InChI=1S/C17H21N5O4/c1-3-4-13-15-16(21(19-13)11-5-6-11)17(24)22(20-18-15)14-8-7-12(26-14)9-25-10(2)23/h7-8,11-12,14H,3-6,9H2,1-2H3. The number of ether oxygens (including phenoxy) is 2. The maximum Gasteiger partial charge on any atom is 0.302 e. The number of aryl methyl sites for hydroxylation is 1. The molecule has 2 atom stereocenters. The van der Waals surface area contributed by atoms with Crippen LogP contribution in [-0.2, 0) is 20.7 Å². The van der Waals surface area contributed by atoms with Crippen molar-refractivity contribution in [2.45, 2.75) is 57.9 Å². The zero-order chi connectivity index (χ0) is 18.3. The molecular weight excluding hydrogens is 338 g/mol. The van der Waals surface area contributed by atoms with E-state index in [0.29, 0.717) is 11.0 Å². The molecule has 0 N–H and O–H groups in total. The summed E-state index contributed by atoms with van der Waals surface area (Å²) in [5, 5.41) is 13.0. The molecule has 2 unspecified atom stereocenters. The normalized spacial score (nSPS) is 22.8. The largest absolute Gasteiger partial charge is 0.463 e. The number of fused-ring (bicyclic) bond motifs is 1. The van der Waals surface area contributed by atoms with Crippen LogP contribution >= 0.6 is 0 Å². The van der Waals surface area contributed by atoms with Crippen molar-refractivity contribution in [2.24, 2.45) is 0 Å². The van der Waals surface area contributed by atoms with Crippen LogP contribution in [0.3, 0.4) is 0 Å². The zero-order valence-electron chi connectivity index (χ0n) is 14.8. The maximum absolute atomic E-state index is 13.1. The predicted molar refractivity (Wildman–Crippen MR) is 91.0 cm³/mol. The van der Waals surface area contributed by atoms with Crippen LogP contribution in [-0.4, -0.2) is 43.5 Å². The van der Waals surface area contributed by atoms with Gasteiger partial charge in [0.05, 0.1) is 17.8 Å². The van der Waals surface area contributed by atoms with Gasteiger partial charge in [-0.3, -0.25) is 14.3 Å². The van der Waals surface area contributed by atoms with E-state index in [0.717, 1.165) is 31.4 Å². The lowest BCUT2D eigenvalue weighted by Crippen LogP contribution is -2.30. The van der Waals surface area contributed by atoms with E-state index in [1.807, 2.05) is 4.68 Å². The molecule has 2 aromatic heterocycles. The first kappa shape index (κ1) is 17.1. The fraction of sp³-hybridized carbons (Fsp3) is 0.588. The first-order valence-corrected chi connectivity index (χ1v) is 8.92. The van der Waals surface area contributed by atoms with E-state index in [-0.39, 0.29) is 24.2 Å². The monoisotopic (exact) mass is 359 g/mol. The van der Waals surface area contributed by atoms with Crippen molar-refractivity contribution < 1.29 is 14.3 Å². The highest BCUT2D eigenvalue weighted by Crippen LogP contribution is 2.36. The van der Waals surface area contributed by atoms with Gasteiger partial charge >= 0.3 is 5.97 Å². The van der Waals surface area contributed by atoms with E-state index >= 15 is 0 Å². The minimum absolute atomic E-state index is 0.105. The lowest BCUT2D eigenvalue weighted by atomic mass is 10.2. The Hall–Kier alpha value is -2.29. The molecule has 9 nitrogen and oxygen atoms in total. The van der Waals surface area contributed by atoms with Crippen LogP contribution < -0.4 is 5.56 Å². The molecule has 26 heavy (non-hydrogen) atoms. The van der Waals surface area contributed by atoms with Crippen LogP contribution in [0.5, 0.6) is 0 Å². The van der Waals surface area contributed by atoms with Gasteiger partial charge < -0.3 is 9.47 Å². The average Bonchev–Trinajstić information content (AvgIpc) is 3.23. The van der Waals surface area contributed by atoms with Gasteiger partial charge in [-0.1, -0.05) is 18.6 Å². The Morgan fingerprint density at radius 3 is 2.85 bits per heavy atom. The summed E-state index contributed by atoms with van der Waals surface area (Å²) >= 11 is 0. The quantitative estimate of drug-likeness (QED) is 0.713. The smallest absolute Gasteiger partial charge is 0.302 e. The lowest BCUT2D eigenvalue weighted by Gasteiger charge is -2.14. The van der Waals surface area contributed by atoms with Gasteiger partial charge in [-0.25, -0.2) is 0 Å². The fourth-order valence-electron chi connectivity index (χ4n) is 3.10. The zero-order valence-corrected chi connectivity index (χ0v) is 14.8. The Kier molecular flexibility index (Phi) is 4.47. The number of nitrogens with zero attached hydrogens (tertiary/aromatic N) is 5. The summed E-state index contributed by atoms with van der Waals surface area (Å²) in [5.74, 6) is -0.374. The van der Waals surface area contributed by atoms with E-state index in [9.17, 15) is 9.59 Å². The first-order valence-electron chi connectivity index (χ1n) is 8.92. The van der Waals surface area contributed by atoms with Gasteiger partial charge in [0.15, 0.2) is 11.7 Å². The number of carbonyl (C=O) groups excluding carboxylic acids is 1. The molecule has 138 valence electrons. The number of rotatable bonds is 6. The maximum atomic E-state index is 13.1. The van der Waals surface area contributed by atoms with Crippen LogP contribution in [0.4, 0.5) is 0 Å². The second kappa shape index (κ2) is 6.79. The molecule has 4 rings (SSSR count). The molecule has 1 saturated carbocycles. The molecule has 0 bridgehead atoms. The molecule has 0 aromatic carbocycles. The van der Waals surface area contributed by atoms with Crippen molar-refractivity contribution in [2.75, 3.05) is 6.61 Å². The lowest BCUT2D eigenvalue weighted by molar-refractivity contribution is -0.145. The number of esters is 1. The molecule has 1 saturated heterocycles. The highest BCUT2D eigenvalue weighted by atomic mass is 16.6. The molecule has 0 spiro atoms. The molecule has 2 aromatic rings. The van der Waals surface area contributed by atoms with Gasteiger partial charge in [-0.2, -0.15) is 9.78 Å². The number of hydrogen-bond donors (Lipinski definition) is 0. The van der Waals surface area contributed by atoms with Gasteiger partial charge in [0.1, 0.15) is 12.1 Å². The summed E-state index contributed by atoms with van der Waals surface area (Å²) in [7, 11) is 0. The van der Waals surface area contributed by atoms with Crippen molar-refractivity contribution >= 4 is 17.0 Å². The fourth-order valence-corrected chi connectivity index (χ4v) is 3.10.